The fraction of sp³-hybridized carbons (Fsp3) is 0.176. The number of hydrogen-bond acceptors (Lipinski definition) is 4. The van der Waals surface area contributed by atoms with E-state index >= 15 is 0 Å². The van der Waals surface area contributed by atoms with E-state index in [-0.39, 0.29) is 17.3 Å². The molecule has 0 fully saturated rings. The lowest BCUT2D eigenvalue weighted by atomic mass is 10.1. The summed E-state index contributed by atoms with van der Waals surface area (Å²) in [6.45, 7) is 0.209. The smallest absolute Gasteiger partial charge is 0.418 e. The van der Waals surface area contributed by atoms with Gasteiger partial charge in [-0.1, -0.05) is 29.8 Å². The van der Waals surface area contributed by atoms with E-state index in [9.17, 15) is 13.2 Å². The molecule has 8 heteroatoms. The molecule has 1 heterocycles. The van der Waals surface area contributed by atoms with Crippen molar-refractivity contribution < 1.29 is 17.6 Å². The Kier molecular flexibility index (Phi) is 4.94. The number of hydrogen-bond donors (Lipinski definition) is 1. The van der Waals surface area contributed by atoms with Crippen molar-refractivity contribution in [1.29, 1.82) is 0 Å². The molecule has 0 unspecified atom stereocenters. The zero-order chi connectivity index (χ0) is 17.9. The van der Waals surface area contributed by atoms with Crippen LogP contribution in [0.4, 0.5) is 18.9 Å². The number of halogens is 4. The molecule has 1 aromatic heterocycles. The highest BCUT2D eigenvalue weighted by Crippen LogP contribution is 2.36. The molecule has 2 aromatic carbocycles. The zero-order valence-corrected chi connectivity index (χ0v) is 13.6. The van der Waals surface area contributed by atoms with Crippen molar-refractivity contribution in [2.24, 2.45) is 0 Å². The topological polar surface area (TPSA) is 51.0 Å². The second kappa shape index (κ2) is 7.14. The number of alkyl halides is 3. The Morgan fingerprint density at radius 2 is 1.80 bits per heavy atom. The summed E-state index contributed by atoms with van der Waals surface area (Å²) in [5, 5.41) is 10.6. The number of benzene rings is 2. The Hall–Kier alpha value is -2.54. The van der Waals surface area contributed by atoms with Crippen LogP contribution in [0.2, 0.25) is 5.02 Å². The Labute approximate surface area is 146 Å². The highest BCUT2D eigenvalue weighted by molar-refractivity contribution is 6.30. The van der Waals surface area contributed by atoms with Gasteiger partial charge < -0.3 is 9.73 Å². The van der Waals surface area contributed by atoms with Gasteiger partial charge >= 0.3 is 6.18 Å². The molecule has 1 N–H and O–H groups in total. The molecule has 0 aliphatic rings. The van der Waals surface area contributed by atoms with Gasteiger partial charge in [-0.3, -0.25) is 0 Å². The quantitative estimate of drug-likeness (QED) is 0.684. The number of rotatable bonds is 5. The maximum absolute atomic E-state index is 13.0. The van der Waals surface area contributed by atoms with Gasteiger partial charge in [0.25, 0.3) is 0 Å². The van der Waals surface area contributed by atoms with Gasteiger partial charge in [0.2, 0.25) is 11.8 Å². The van der Waals surface area contributed by atoms with Crippen LogP contribution in [-0.2, 0) is 12.6 Å². The van der Waals surface area contributed by atoms with Gasteiger partial charge in [-0.05, 0) is 30.3 Å². The molecule has 130 valence electrons. The van der Waals surface area contributed by atoms with Crippen LogP contribution in [0, 0.1) is 0 Å². The molecule has 0 saturated carbocycles. The fourth-order valence-electron chi connectivity index (χ4n) is 2.26. The van der Waals surface area contributed by atoms with Crippen LogP contribution in [0.25, 0.3) is 11.5 Å². The Bertz CT molecular complexity index is 850. The summed E-state index contributed by atoms with van der Waals surface area (Å²) in [6.07, 6.45) is -4.20. The van der Waals surface area contributed by atoms with Gasteiger partial charge in [-0.15, -0.1) is 10.2 Å². The third-order valence-corrected chi connectivity index (χ3v) is 3.66. The molecule has 0 aliphatic carbocycles. The summed E-state index contributed by atoms with van der Waals surface area (Å²) in [7, 11) is 0. The molecule has 0 amide bonds. The molecular weight excluding hydrogens is 355 g/mol. The van der Waals surface area contributed by atoms with E-state index in [0.29, 0.717) is 18.2 Å². The largest absolute Gasteiger partial charge is 0.421 e. The van der Waals surface area contributed by atoms with E-state index in [1.807, 2.05) is 30.3 Å². The third kappa shape index (κ3) is 4.30. The van der Waals surface area contributed by atoms with Gasteiger partial charge in [0.05, 0.1) is 5.56 Å². The second-order valence-corrected chi connectivity index (χ2v) is 5.67. The van der Waals surface area contributed by atoms with Crippen molar-refractivity contribution in [1.82, 2.24) is 10.2 Å². The molecule has 3 rings (SSSR count). The number of nitrogens with zero attached hydrogens (tertiary/aromatic N) is 2. The summed E-state index contributed by atoms with van der Waals surface area (Å²) in [4.78, 5) is 0. The lowest BCUT2D eigenvalue weighted by molar-refractivity contribution is -0.136. The van der Waals surface area contributed by atoms with Gasteiger partial charge in [0, 0.05) is 29.2 Å². The minimum absolute atomic E-state index is 0.0299. The minimum Gasteiger partial charge on any atom is -0.421 e. The summed E-state index contributed by atoms with van der Waals surface area (Å²) in [5.41, 5.74) is -0.0681. The fourth-order valence-corrected chi connectivity index (χ4v) is 2.43. The van der Waals surface area contributed by atoms with Gasteiger partial charge in [0.1, 0.15) is 0 Å². The SMILES string of the molecule is FC(F)(F)c1cc(Cl)ccc1NCCc1nnc(-c2ccccc2)o1. The molecule has 4 nitrogen and oxygen atoms in total. The van der Waals surface area contributed by atoms with Crippen molar-refractivity contribution in [3.8, 4) is 11.5 Å². The Morgan fingerprint density at radius 3 is 2.52 bits per heavy atom. The first-order valence-electron chi connectivity index (χ1n) is 7.42. The first-order chi connectivity index (χ1) is 11.9. The van der Waals surface area contributed by atoms with Gasteiger partial charge in [0.15, 0.2) is 0 Å². The molecule has 3 aromatic rings. The van der Waals surface area contributed by atoms with Gasteiger partial charge in [-0.25, -0.2) is 0 Å². The standard InChI is InChI=1S/C17H13ClF3N3O/c18-12-6-7-14(13(10-12)17(19,20)21)22-9-8-15-23-24-16(25-15)11-4-2-1-3-5-11/h1-7,10,22H,8-9H2. The van der Waals surface area contributed by atoms with Crippen molar-refractivity contribution in [3.05, 3.63) is 65.0 Å². The molecule has 0 bridgehead atoms. The minimum atomic E-state index is -4.49. The molecule has 25 heavy (non-hydrogen) atoms. The highest BCUT2D eigenvalue weighted by atomic mass is 35.5. The summed E-state index contributed by atoms with van der Waals surface area (Å²) in [5.74, 6) is 0.715. The Morgan fingerprint density at radius 1 is 1.04 bits per heavy atom. The first kappa shape index (κ1) is 17.3. The van der Waals surface area contributed by atoms with Crippen LogP contribution in [0.15, 0.2) is 52.9 Å². The van der Waals surface area contributed by atoms with Crippen molar-refractivity contribution >= 4 is 17.3 Å². The average Bonchev–Trinajstić information content (AvgIpc) is 3.05. The molecule has 0 atom stereocenters. The predicted molar refractivity (Wildman–Crippen MR) is 88.4 cm³/mol. The molecular formula is C17H13ClF3N3O. The van der Waals surface area contributed by atoms with E-state index in [2.05, 4.69) is 15.5 Å². The monoisotopic (exact) mass is 367 g/mol. The van der Waals surface area contributed by atoms with Crippen LogP contribution < -0.4 is 5.32 Å². The number of nitrogens with one attached hydrogen (secondary N) is 1. The van der Waals surface area contributed by atoms with E-state index in [1.165, 1.54) is 12.1 Å². The summed E-state index contributed by atoms with van der Waals surface area (Å²) < 4.78 is 44.6. The van der Waals surface area contributed by atoms with Gasteiger partial charge in [-0.2, -0.15) is 13.2 Å². The lowest BCUT2D eigenvalue weighted by Gasteiger charge is -2.14. The average molecular weight is 368 g/mol. The third-order valence-electron chi connectivity index (χ3n) is 3.43. The van der Waals surface area contributed by atoms with E-state index in [0.717, 1.165) is 11.6 Å². The number of anilines is 1. The van der Waals surface area contributed by atoms with E-state index in [1.54, 1.807) is 0 Å². The first-order valence-corrected chi connectivity index (χ1v) is 7.80. The lowest BCUT2D eigenvalue weighted by Crippen LogP contribution is -2.12. The van der Waals surface area contributed by atoms with Crippen LogP contribution in [0.1, 0.15) is 11.5 Å². The normalized spacial score (nSPS) is 11.5. The van der Waals surface area contributed by atoms with Crippen LogP contribution in [0.5, 0.6) is 0 Å². The molecule has 0 spiro atoms. The van der Waals surface area contributed by atoms with Crippen molar-refractivity contribution in [2.75, 3.05) is 11.9 Å². The number of aromatic nitrogens is 2. The summed E-state index contributed by atoms with van der Waals surface area (Å²) >= 11 is 5.65. The maximum atomic E-state index is 13.0. The van der Waals surface area contributed by atoms with Crippen LogP contribution >= 0.6 is 11.6 Å². The van der Waals surface area contributed by atoms with Crippen molar-refractivity contribution in [3.63, 3.8) is 0 Å². The summed E-state index contributed by atoms with van der Waals surface area (Å²) in [6, 6.07) is 12.8. The molecule has 0 saturated heterocycles. The molecule has 0 aliphatic heterocycles. The predicted octanol–water partition coefficient (Wildman–Crippen LogP) is 5.06. The molecule has 0 radical (unpaired) electrons. The van der Waals surface area contributed by atoms with Crippen molar-refractivity contribution in [2.45, 2.75) is 12.6 Å². The maximum Gasteiger partial charge on any atom is 0.418 e. The second-order valence-electron chi connectivity index (χ2n) is 5.23. The van der Waals surface area contributed by atoms with Crippen LogP contribution in [-0.4, -0.2) is 16.7 Å². The zero-order valence-electron chi connectivity index (χ0n) is 12.8. The van der Waals surface area contributed by atoms with E-state index in [4.69, 9.17) is 16.0 Å². The highest BCUT2D eigenvalue weighted by Gasteiger charge is 2.33. The van der Waals surface area contributed by atoms with Crippen LogP contribution in [0.3, 0.4) is 0 Å². The Balaban J connectivity index is 1.65. The van der Waals surface area contributed by atoms with E-state index < -0.39 is 11.7 Å².